The number of carbonyl (C=O) groups excluding carboxylic acids is 2. The van der Waals surface area contributed by atoms with Crippen molar-refractivity contribution in [1.29, 1.82) is 0 Å². The highest BCUT2D eigenvalue weighted by molar-refractivity contribution is 5.93. The van der Waals surface area contributed by atoms with Gasteiger partial charge in [0.05, 0.1) is 17.3 Å². The fourth-order valence-electron chi connectivity index (χ4n) is 4.74. The van der Waals surface area contributed by atoms with Crippen molar-refractivity contribution in [3.8, 4) is 0 Å². The van der Waals surface area contributed by atoms with Gasteiger partial charge in [-0.15, -0.1) is 5.10 Å². The van der Waals surface area contributed by atoms with Crippen molar-refractivity contribution in [2.24, 2.45) is 12.5 Å². The van der Waals surface area contributed by atoms with Crippen LogP contribution in [0.25, 0.3) is 0 Å². The van der Waals surface area contributed by atoms with Crippen LogP contribution in [0.3, 0.4) is 0 Å². The van der Waals surface area contributed by atoms with Crippen LogP contribution in [0.1, 0.15) is 55.2 Å². The Morgan fingerprint density at radius 3 is 2.56 bits per heavy atom. The van der Waals surface area contributed by atoms with E-state index in [9.17, 15) is 9.59 Å². The normalized spacial score (nSPS) is 29.9. The fourth-order valence-corrected chi connectivity index (χ4v) is 4.74. The maximum atomic E-state index is 12.9. The molecular weight excluding hydrogens is 344 g/mol. The summed E-state index contributed by atoms with van der Waals surface area (Å²) in [5, 5.41) is 11.2. The number of nitrogens with zero attached hydrogens (tertiary/aromatic N) is 5. The van der Waals surface area contributed by atoms with Gasteiger partial charge in [0.1, 0.15) is 0 Å². The number of amides is 2. The van der Waals surface area contributed by atoms with Crippen LogP contribution < -0.4 is 5.32 Å². The number of rotatable bonds is 3. The summed E-state index contributed by atoms with van der Waals surface area (Å²) < 4.78 is 1.61. The molecular formula is C19H30N6O2. The van der Waals surface area contributed by atoms with Gasteiger partial charge in [-0.05, 0) is 46.1 Å². The summed E-state index contributed by atoms with van der Waals surface area (Å²) in [5.41, 5.74) is 0.808. The van der Waals surface area contributed by atoms with E-state index in [1.165, 1.54) is 0 Å². The first-order valence-corrected chi connectivity index (χ1v) is 9.95. The van der Waals surface area contributed by atoms with Crippen LogP contribution >= 0.6 is 0 Å². The molecule has 148 valence electrons. The second-order valence-corrected chi connectivity index (χ2v) is 8.88. The quantitative estimate of drug-likeness (QED) is 0.843. The lowest BCUT2D eigenvalue weighted by atomic mass is 9.82. The standard InChI is InChI=1S/C19H30N6O2/c1-13-15(21-22-24(13)4)16(26)20-14-6-11-23(3)19(14)7-5-10-25(12-19)17(27)18(2)8-9-18/h14H,5-12H2,1-4H3,(H,20,26). The number of aromatic nitrogens is 3. The summed E-state index contributed by atoms with van der Waals surface area (Å²) in [5.74, 6) is 0.120. The number of hydrogen-bond donors (Lipinski definition) is 1. The Labute approximate surface area is 160 Å². The maximum absolute atomic E-state index is 12.9. The molecule has 4 rings (SSSR count). The minimum atomic E-state index is -0.190. The summed E-state index contributed by atoms with van der Waals surface area (Å²) in [6, 6.07) is 0.0130. The number of hydrogen-bond acceptors (Lipinski definition) is 5. The second kappa shape index (κ2) is 6.29. The molecule has 1 aliphatic carbocycles. The Hall–Kier alpha value is -1.96. The number of likely N-dealkylation sites (N-methyl/N-ethyl adjacent to an activating group) is 1. The number of aryl methyl sites for hydroxylation is 1. The van der Waals surface area contributed by atoms with Crippen molar-refractivity contribution in [2.75, 3.05) is 26.7 Å². The first kappa shape index (κ1) is 18.4. The molecule has 2 atom stereocenters. The van der Waals surface area contributed by atoms with E-state index in [1.807, 2.05) is 11.8 Å². The van der Waals surface area contributed by atoms with Gasteiger partial charge in [0.25, 0.3) is 5.91 Å². The Morgan fingerprint density at radius 2 is 1.93 bits per heavy atom. The van der Waals surface area contributed by atoms with Crippen molar-refractivity contribution < 1.29 is 9.59 Å². The summed E-state index contributed by atoms with van der Waals surface area (Å²) in [6.45, 7) is 6.37. The lowest BCUT2D eigenvalue weighted by molar-refractivity contribution is -0.140. The molecule has 3 heterocycles. The van der Waals surface area contributed by atoms with E-state index in [4.69, 9.17) is 0 Å². The van der Waals surface area contributed by atoms with Gasteiger partial charge >= 0.3 is 0 Å². The highest BCUT2D eigenvalue weighted by Crippen LogP contribution is 2.48. The smallest absolute Gasteiger partial charge is 0.274 e. The molecule has 1 saturated carbocycles. The van der Waals surface area contributed by atoms with Crippen LogP contribution in [0, 0.1) is 12.3 Å². The molecule has 0 aromatic carbocycles. The van der Waals surface area contributed by atoms with Gasteiger partial charge in [0, 0.05) is 32.1 Å². The molecule has 8 heteroatoms. The van der Waals surface area contributed by atoms with Crippen molar-refractivity contribution in [2.45, 2.75) is 57.5 Å². The molecule has 27 heavy (non-hydrogen) atoms. The lowest BCUT2D eigenvalue weighted by Gasteiger charge is -2.48. The Bertz CT molecular complexity index is 770. The van der Waals surface area contributed by atoms with E-state index in [2.05, 4.69) is 34.5 Å². The summed E-state index contributed by atoms with van der Waals surface area (Å²) in [6.07, 6.45) is 4.85. The van der Waals surface area contributed by atoms with Crippen LogP contribution in [0.4, 0.5) is 0 Å². The minimum Gasteiger partial charge on any atom is -0.346 e. The van der Waals surface area contributed by atoms with Crippen LogP contribution in [-0.2, 0) is 11.8 Å². The average molecular weight is 374 g/mol. The number of piperidine rings is 1. The molecule has 2 unspecified atom stereocenters. The van der Waals surface area contributed by atoms with E-state index in [0.717, 1.165) is 50.9 Å². The Balaban J connectivity index is 1.53. The van der Waals surface area contributed by atoms with Gasteiger partial charge in [-0.3, -0.25) is 19.2 Å². The van der Waals surface area contributed by atoms with Gasteiger partial charge in [-0.1, -0.05) is 12.1 Å². The average Bonchev–Trinajstić information content (AvgIpc) is 3.24. The number of nitrogens with one attached hydrogen (secondary N) is 1. The zero-order chi connectivity index (χ0) is 19.4. The van der Waals surface area contributed by atoms with Crippen LogP contribution in [-0.4, -0.2) is 74.9 Å². The molecule has 3 fully saturated rings. The maximum Gasteiger partial charge on any atom is 0.274 e. The predicted octanol–water partition coefficient (Wildman–Crippen LogP) is 0.719. The van der Waals surface area contributed by atoms with E-state index in [-0.39, 0.29) is 28.8 Å². The predicted molar refractivity (Wildman–Crippen MR) is 100 cm³/mol. The highest BCUT2D eigenvalue weighted by Gasteiger charge is 2.54. The third-order valence-corrected chi connectivity index (χ3v) is 7.10. The van der Waals surface area contributed by atoms with Crippen molar-refractivity contribution >= 4 is 11.8 Å². The summed E-state index contributed by atoms with van der Waals surface area (Å²) >= 11 is 0. The molecule has 0 bridgehead atoms. The minimum absolute atomic E-state index is 0.0130. The second-order valence-electron chi connectivity index (χ2n) is 8.88. The molecule has 1 N–H and O–H groups in total. The number of carbonyl (C=O) groups is 2. The molecule has 2 saturated heterocycles. The topological polar surface area (TPSA) is 83.4 Å². The monoisotopic (exact) mass is 374 g/mol. The molecule has 0 radical (unpaired) electrons. The van der Waals surface area contributed by atoms with Gasteiger partial charge < -0.3 is 10.2 Å². The van der Waals surface area contributed by atoms with Crippen LogP contribution in [0.2, 0.25) is 0 Å². The van der Waals surface area contributed by atoms with Gasteiger partial charge in [-0.2, -0.15) is 0 Å². The van der Waals surface area contributed by atoms with Gasteiger partial charge in [-0.25, -0.2) is 0 Å². The molecule has 2 aliphatic heterocycles. The first-order chi connectivity index (χ1) is 12.8. The van der Waals surface area contributed by atoms with Crippen molar-refractivity contribution in [3.05, 3.63) is 11.4 Å². The molecule has 8 nitrogen and oxygen atoms in total. The summed E-state index contributed by atoms with van der Waals surface area (Å²) in [7, 11) is 3.90. The molecule has 1 spiro atoms. The van der Waals surface area contributed by atoms with E-state index < -0.39 is 0 Å². The first-order valence-electron chi connectivity index (χ1n) is 9.95. The molecule has 2 amide bonds. The fraction of sp³-hybridized carbons (Fsp3) is 0.789. The largest absolute Gasteiger partial charge is 0.346 e. The zero-order valence-corrected chi connectivity index (χ0v) is 16.8. The molecule has 1 aromatic heterocycles. The Kier molecular flexibility index (Phi) is 4.29. The van der Waals surface area contributed by atoms with E-state index >= 15 is 0 Å². The van der Waals surface area contributed by atoms with E-state index in [1.54, 1.807) is 11.7 Å². The van der Waals surface area contributed by atoms with Crippen LogP contribution in [0.15, 0.2) is 0 Å². The molecule has 1 aromatic rings. The van der Waals surface area contributed by atoms with E-state index in [0.29, 0.717) is 12.2 Å². The highest BCUT2D eigenvalue weighted by atomic mass is 16.2. The lowest BCUT2D eigenvalue weighted by Crippen LogP contribution is -2.64. The SMILES string of the molecule is Cc1c(C(=O)NC2CCN(C)C23CCCN(C(=O)C2(C)CC2)C3)nnn1C. The molecule has 3 aliphatic rings. The van der Waals surface area contributed by atoms with Crippen LogP contribution in [0.5, 0.6) is 0 Å². The van der Waals surface area contributed by atoms with Crippen molar-refractivity contribution in [3.63, 3.8) is 0 Å². The summed E-state index contributed by atoms with van der Waals surface area (Å²) in [4.78, 5) is 30.1. The zero-order valence-electron chi connectivity index (χ0n) is 16.8. The van der Waals surface area contributed by atoms with Gasteiger partial charge in [0.15, 0.2) is 5.69 Å². The third-order valence-electron chi connectivity index (χ3n) is 7.10. The Morgan fingerprint density at radius 1 is 1.19 bits per heavy atom. The third kappa shape index (κ3) is 2.94. The van der Waals surface area contributed by atoms with Gasteiger partial charge in [0.2, 0.25) is 5.91 Å². The van der Waals surface area contributed by atoms with Crippen molar-refractivity contribution in [1.82, 2.24) is 30.1 Å². The number of likely N-dealkylation sites (tertiary alicyclic amines) is 2.